The number of nitrogens with one attached hydrogen (secondary N) is 2. The van der Waals surface area contributed by atoms with E-state index >= 15 is 0 Å². The van der Waals surface area contributed by atoms with Crippen LogP contribution >= 0.6 is 28.3 Å². The van der Waals surface area contributed by atoms with Crippen molar-refractivity contribution in [2.24, 2.45) is 11.7 Å². The van der Waals surface area contributed by atoms with Crippen molar-refractivity contribution in [1.29, 1.82) is 0 Å². The normalized spacial score (nSPS) is 16.7. The van der Waals surface area contributed by atoms with Crippen LogP contribution in [-0.4, -0.2) is 27.5 Å². The molecular weight excluding hydrogens is 364 g/mol. The van der Waals surface area contributed by atoms with Gasteiger partial charge in [-0.3, -0.25) is 19.1 Å². The quantitative estimate of drug-likeness (QED) is 0.665. The molecule has 0 radical (unpaired) electrons. The smallest absolute Gasteiger partial charge is 0.328 e. The Hall–Kier alpha value is -1.12. The molecule has 0 saturated heterocycles. The summed E-state index contributed by atoms with van der Waals surface area (Å²) in [7, 11) is 0. The van der Waals surface area contributed by atoms with Crippen LogP contribution in [0.3, 0.4) is 0 Å². The number of rotatable bonds is 5. The zero-order valence-corrected chi connectivity index (χ0v) is 13.9. The number of aromatic amines is 1. The van der Waals surface area contributed by atoms with E-state index in [1.165, 1.54) is 6.20 Å². The van der Waals surface area contributed by atoms with Crippen molar-refractivity contribution in [3.63, 3.8) is 0 Å². The number of hydrogen-bond acceptors (Lipinski definition) is 4. The molecule has 9 heteroatoms. The molecule has 1 aliphatic rings. The monoisotopic (exact) mass is 380 g/mol. The number of amides is 1. The highest BCUT2D eigenvalue weighted by Gasteiger charge is 2.41. The SMILES string of the molecule is CC(CN)(NC(=O)Cn1cc(Br)c(=O)[nH]c1=O)C1CC1.Cl. The number of carbonyl (C=O) groups is 1. The lowest BCUT2D eigenvalue weighted by Crippen LogP contribution is -2.54. The van der Waals surface area contributed by atoms with Crippen molar-refractivity contribution < 1.29 is 4.79 Å². The molecule has 0 aliphatic heterocycles. The summed E-state index contributed by atoms with van der Waals surface area (Å²) >= 11 is 3.02. The molecule has 7 nitrogen and oxygen atoms in total. The van der Waals surface area contributed by atoms with Crippen molar-refractivity contribution in [3.05, 3.63) is 31.5 Å². The second-order valence-electron chi connectivity index (χ2n) is 5.31. The van der Waals surface area contributed by atoms with Crippen LogP contribution < -0.4 is 22.3 Å². The van der Waals surface area contributed by atoms with E-state index in [2.05, 4.69) is 26.2 Å². The Morgan fingerprint density at radius 1 is 1.57 bits per heavy atom. The van der Waals surface area contributed by atoms with E-state index in [0.29, 0.717) is 12.5 Å². The molecule has 2 rings (SSSR count). The van der Waals surface area contributed by atoms with E-state index in [1.54, 1.807) is 0 Å². The van der Waals surface area contributed by atoms with Gasteiger partial charge in [-0.15, -0.1) is 12.4 Å². The molecule has 1 heterocycles. The number of nitrogens with two attached hydrogens (primary N) is 1. The molecule has 1 atom stereocenters. The molecule has 0 spiro atoms. The second kappa shape index (κ2) is 6.76. The second-order valence-corrected chi connectivity index (χ2v) is 6.16. The lowest BCUT2D eigenvalue weighted by molar-refractivity contribution is -0.123. The fourth-order valence-corrected chi connectivity index (χ4v) is 2.50. The first-order valence-corrected chi connectivity index (χ1v) is 7.15. The molecule has 0 bridgehead atoms. The number of H-pyrrole nitrogens is 1. The van der Waals surface area contributed by atoms with Gasteiger partial charge in [-0.2, -0.15) is 0 Å². The van der Waals surface area contributed by atoms with Gasteiger partial charge >= 0.3 is 5.69 Å². The molecule has 1 amide bonds. The number of carbonyl (C=O) groups excluding carboxylic acids is 1. The molecule has 1 aliphatic carbocycles. The maximum Gasteiger partial charge on any atom is 0.328 e. The molecule has 4 N–H and O–H groups in total. The first-order chi connectivity index (χ1) is 9.35. The van der Waals surface area contributed by atoms with Gasteiger partial charge in [0.1, 0.15) is 6.54 Å². The number of aromatic nitrogens is 2. The average Bonchev–Trinajstić information content (AvgIpc) is 3.20. The van der Waals surface area contributed by atoms with Crippen molar-refractivity contribution in [2.75, 3.05) is 6.54 Å². The van der Waals surface area contributed by atoms with Crippen molar-refractivity contribution in [2.45, 2.75) is 31.8 Å². The Morgan fingerprint density at radius 2 is 2.19 bits per heavy atom. The van der Waals surface area contributed by atoms with E-state index in [-0.39, 0.29) is 29.3 Å². The maximum absolute atomic E-state index is 12.0. The van der Waals surface area contributed by atoms with E-state index in [4.69, 9.17) is 5.73 Å². The van der Waals surface area contributed by atoms with Crippen LogP contribution in [0.15, 0.2) is 20.3 Å². The first-order valence-electron chi connectivity index (χ1n) is 6.36. The maximum atomic E-state index is 12.0. The molecule has 1 aromatic heterocycles. The van der Waals surface area contributed by atoms with Crippen LogP contribution in [0.25, 0.3) is 0 Å². The van der Waals surface area contributed by atoms with Crippen LogP contribution in [0.2, 0.25) is 0 Å². The van der Waals surface area contributed by atoms with Crippen molar-refractivity contribution in [3.8, 4) is 0 Å². The summed E-state index contributed by atoms with van der Waals surface area (Å²) in [6.07, 6.45) is 3.41. The summed E-state index contributed by atoms with van der Waals surface area (Å²) in [6.45, 7) is 2.11. The number of halogens is 2. The average molecular weight is 382 g/mol. The molecule has 1 aromatic rings. The third-order valence-electron chi connectivity index (χ3n) is 3.61. The van der Waals surface area contributed by atoms with Crippen LogP contribution in [0, 0.1) is 5.92 Å². The fourth-order valence-electron chi connectivity index (χ4n) is 2.15. The van der Waals surface area contributed by atoms with Crippen molar-refractivity contribution in [1.82, 2.24) is 14.9 Å². The Kier molecular flexibility index (Phi) is 5.77. The van der Waals surface area contributed by atoms with Gasteiger partial charge in [0.15, 0.2) is 0 Å². The molecule has 118 valence electrons. The summed E-state index contributed by atoms with van der Waals surface area (Å²) in [5, 5.41) is 2.88. The lowest BCUT2D eigenvalue weighted by Gasteiger charge is -2.29. The zero-order valence-electron chi connectivity index (χ0n) is 11.5. The van der Waals surface area contributed by atoms with Crippen LogP contribution in [0.1, 0.15) is 19.8 Å². The summed E-state index contributed by atoms with van der Waals surface area (Å²) in [5.74, 6) is 0.0985. The van der Waals surface area contributed by atoms with Gasteiger partial charge in [0.25, 0.3) is 5.56 Å². The minimum atomic E-state index is -0.616. The largest absolute Gasteiger partial charge is 0.348 e. The first kappa shape index (κ1) is 17.9. The summed E-state index contributed by atoms with van der Waals surface area (Å²) in [4.78, 5) is 37.0. The highest BCUT2D eigenvalue weighted by Crippen LogP contribution is 2.38. The highest BCUT2D eigenvalue weighted by atomic mass is 79.9. The van der Waals surface area contributed by atoms with Gasteiger partial charge in [0.2, 0.25) is 5.91 Å². The molecule has 21 heavy (non-hydrogen) atoms. The molecule has 1 unspecified atom stereocenters. The fraction of sp³-hybridized carbons (Fsp3) is 0.583. The molecule has 1 saturated carbocycles. The van der Waals surface area contributed by atoms with Crippen LogP contribution in [-0.2, 0) is 11.3 Å². The van der Waals surface area contributed by atoms with E-state index in [1.807, 2.05) is 6.92 Å². The van der Waals surface area contributed by atoms with Gasteiger partial charge in [-0.1, -0.05) is 0 Å². The van der Waals surface area contributed by atoms with Crippen LogP contribution in [0.4, 0.5) is 0 Å². The zero-order chi connectivity index (χ0) is 14.9. The van der Waals surface area contributed by atoms with Gasteiger partial charge < -0.3 is 11.1 Å². The Balaban J connectivity index is 0.00000220. The summed E-state index contributed by atoms with van der Waals surface area (Å²) in [6, 6.07) is 0. The van der Waals surface area contributed by atoms with Gasteiger partial charge in [0.05, 0.1) is 10.0 Å². The van der Waals surface area contributed by atoms with Gasteiger partial charge in [0, 0.05) is 12.7 Å². The van der Waals surface area contributed by atoms with Gasteiger partial charge in [-0.25, -0.2) is 4.79 Å². The predicted octanol–water partition coefficient (Wildman–Crippen LogP) is -0.0355. The topological polar surface area (TPSA) is 110 Å². The Morgan fingerprint density at radius 3 is 2.71 bits per heavy atom. The molecular formula is C12H18BrClN4O3. The molecule has 0 aromatic carbocycles. The van der Waals surface area contributed by atoms with E-state index in [9.17, 15) is 14.4 Å². The number of hydrogen-bond donors (Lipinski definition) is 3. The standard InChI is InChI=1S/C12H17BrN4O3.ClH/c1-12(6-14,7-2-3-7)16-9(18)5-17-4-8(13)10(19)15-11(17)20;/h4,7H,2-3,5-6,14H2,1H3,(H,16,18)(H,15,19,20);1H. The Labute approximate surface area is 135 Å². The summed E-state index contributed by atoms with van der Waals surface area (Å²) < 4.78 is 1.35. The van der Waals surface area contributed by atoms with Gasteiger partial charge in [-0.05, 0) is 41.6 Å². The Bertz CT molecular complexity index is 640. The highest BCUT2D eigenvalue weighted by molar-refractivity contribution is 9.10. The predicted molar refractivity (Wildman–Crippen MR) is 84.6 cm³/mol. The van der Waals surface area contributed by atoms with E-state index < -0.39 is 16.8 Å². The lowest BCUT2D eigenvalue weighted by atomic mass is 9.96. The van der Waals surface area contributed by atoms with Crippen molar-refractivity contribution >= 4 is 34.2 Å². The molecule has 1 fully saturated rings. The third-order valence-corrected chi connectivity index (χ3v) is 4.17. The van der Waals surface area contributed by atoms with Crippen LogP contribution in [0.5, 0.6) is 0 Å². The minimum absolute atomic E-state index is 0. The number of nitrogens with zero attached hydrogens (tertiary/aromatic N) is 1. The van der Waals surface area contributed by atoms with E-state index in [0.717, 1.165) is 17.4 Å². The minimum Gasteiger partial charge on any atom is -0.348 e. The third kappa shape index (κ3) is 4.18. The summed E-state index contributed by atoms with van der Waals surface area (Å²) in [5.41, 5.74) is 4.16.